The quantitative estimate of drug-likeness (QED) is 0.444. The summed E-state index contributed by atoms with van der Waals surface area (Å²) in [5.74, 6) is -0.222. The van der Waals surface area contributed by atoms with Gasteiger partial charge < -0.3 is 24.3 Å². The molecule has 29 heavy (non-hydrogen) atoms. The fraction of sp³-hybridized carbons (Fsp3) is 0.263. The van der Waals surface area contributed by atoms with Gasteiger partial charge in [-0.2, -0.15) is 0 Å². The van der Waals surface area contributed by atoms with E-state index in [0.29, 0.717) is 24.7 Å². The monoisotopic (exact) mass is 402 g/mol. The van der Waals surface area contributed by atoms with Crippen LogP contribution in [0.15, 0.2) is 36.4 Å². The van der Waals surface area contributed by atoms with Crippen molar-refractivity contribution in [3.05, 3.63) is 52.1 Å². The number of nitrogens with zero attached hydrogens (tertiary/aromatic N) is 1. The first-order chi connectivity index (χ1) is 13.9. The number of non-ortho nitro benzene ring substituents is 1. The summed E-state index contributed by atoms with van der Waals surface area (Å²) in [5.41, 5.74) is 0.0674. The van der Waals surface area contributed by atoms with E-state index in [1.807, 2.05) is 0 Å². The van der Waals surface area contributed by atoms with Crippen LogP contribution >= 0.6 is 0 Å². The van der Waals surface area contributed by atoms with Gasteiger partial charge >= 0.3 is 5.97 Å². The molecule has 1 atom stereocenters. The largest absolute Gasteiger partial charge is 0.495 e. The zero-order valence-corrected chi connectivity index (χ0v) is 15.7. The first-order valence-electron chi connectivity index (χ1n) is 8.63. The number of hydrogen-bond donors (Lipinski definition) is 1. The van der Waals surface area contributed by atoms with Gasteiger partial charge in [-0.1, -0.05) is 0 Å². The van der Waals surface area contributed by atoms with Crippen LogP contribution in [0.2, 0.25) is 0 Å². The number of nitro benzene ring substituents is 1. The maximum atomic E-state index is 12.4. The molecule has 0 spiro atoms. The van der Waals surface area contributed by atoms with E-state index in [0.717, 1.165) is 6.07 Å². The van der Waals surface area contributed by atoms with Gasteiger partial charge in [0, 0.05) is 12.1 Å². The number of rotatable bonds is 6. The van der Waals surface area contributed by atoms with Crippen LogP contribution < -0.4 is 19.5 Å². The Morgan fingerprint density at radius 3 is 2.55 bits per heavy atom. The molecule has 1 amide bonds. The molecular formula is C19H18N2O8. The minimum atomic E-state index is -1.17. The number of nitrogens with one attached hydrogen (secondary N) is 1. The molecule has 0 unspecified atom stereocenters. The van der Waals surface area contributed by atoms with Gasteiger partial charge in [-0.3, -0.25) is 14.9 Å². The molecule has 0 saturated heterocycles. The van der Waals surface area contributed by atoms with E-state index in [4.69, 9.17) is 18.9 Å². The van der Waals surface area contributed by atoms with Crippen LogP contribution in [-0.4, -0.2) is 43.2 Å². The van der Waals surface area contributed by atoms with Gasteiger partial charge in [-0.05, 0) is 31.2 Å². The topological polar surface area (TPSA) is 126 Å². The van der Waals surface area contributed by atoms with Crippen molar-refractivity contribution in [2.24, 2.45) is 0 Å². The predicted octanol–water partition coefficient (Wildman–Crippen LogP) is 2.56. The van der Waals surface area contributed by atoms with E-state index in [2.05, 4.69) is 5.32 Å². The summed E-state index contributed by atoms with van der Waals surface area (Å²) >= 11 is 0. The van der Waals surface area contributed by atoms with Crippen molar-refractivity contribution in [2.45, 2.75) is 13.0 Å². The summed E-state index contributed by atoms with van der Waals surface area (Å²) in [6.45, 7) is 2.18. The molecule has 0 radical (unpaired) electrons. The van der Waals surface area contributed by atoms with Gasteiger partial charge in [0.1, 0.15) is 19.0 Å². The van der Waals surface area contributed by atoms with Gasteiger partial charge in [0.2, 0.25) is 0 Å². The molecule has 0 saturated carbocycles. The average molecular weight is 402 g/mol. The second kappa shape index (κ2) is 8.46. The van der Waals surface area contributed by atoms with E-state index in [1.165, 1.54) is 38.3 Å². The number of carbonyl (C=O) groups excluding carboxylic acids is 2. The highest BCUT2D eigenvalue weighted by Gasteiger charge is 2.23. The number of nitro groups is 1. The van der Waals surface area contributed by atoms with E-state index in [9.17, 15) is 19.7 Å². The van der Waals surface area contributed by atoms with Gasteiger partial charge in [-0.15, -0.1) is 0 Å². The molecule has 152 valence electrons. The Kier molecular flexibility index (Phi) is 5.82. The first kappa shape index (κ1) is 19.9. The Hall–Kier alpha value is -3.82. The first-order valence-corrected chi connectivity index (χ1v) is 8.63. The number of esters is 1. The zero-order chi connectivity index (χ0) is 21.0. The Bertz CT molecular complexity index is 959. The number of methoxy groups -OCH3 is 1. The Morgan fingerprint density at radius 2 is 1.86 bits per heavy atom. The highest BCUT2D eigenvalue weighted by Crippen LogP contribution is 2.31. The van der Waals surface area contributed by atoms with Crippen LogP contribution in [0.5, 0.6) is 17.2 Å². The van der Waals surface area contributed by atoms with E-state index < -0.39 is 22.9 Å². The van der Waals surface area contributed by atoms with Crippen LogP contribution in [-0.2, 0) is 9.53 Å². The molecule has 0 bridgehead atoms. The lowest BCUT2D eigenvalue weighted by molar-refractivity contribution is -0.384. The average Bonchev–Trinajstić information content (AvgIpc) is 2.73. The minimum absolute atomic E-state index is 0.0916. The summed E-state index contributed by atoms with van der Waals surface area (Å²) in [7, 11) is 1.36. The fourth-order valence-corrected chi connectivity index (χ4v) is 2.59. The minimum Gasteiger partial charge on any atom is -0.495 e. The summed E-state index contributed by atoms with van der Waals surface area (Å²) in [4.78, 5) is 35.1. The van der Waals surface area contributed by atoms with Crippen LogP contribution in [0.3, 0.4) is 0 Å². The molecule has 1 aliphatic heterocycles. The van der Waals surface area contributed by atoms with Crippen LogP contribution in [0.1, 0.15) is 17.3 Å². The molecule has 10 nitrogen and oxygen atoms in total. The normalized spacial score (nSPS) is 13.2. The lowest BCUT2D eigenvalue weighted by Crippen LogP contribution is -2.30. The maximum Gasteiger partial charge on any atom is 0.339 e. The zero-order valence-electron chi connectivity index (χ0n) is 15.7. The van der Waals surface area contributed by atoms with Crippen molar-refractivity contribution < 1.29 is 33.5 Å². The molecule has 10 heteroatoms. The third kappa shape index (κ3) is 4.54. The number of hydrogen-bond acceptors (Lipinski definition) is 8. The number of anilines is 1. The third-order valence-corrected chi connectivity index (χ3v) is 4.08. The fourth-order valence-electron chi connectivity index (χ4n) is 2.59. The van der Waals surface area contributed by atoms with Gasteiger partial charge in [-0.25, -0.2) is 4.79 Å². The molecule has 1 N–H and O–H groups in total. The SMILES string of the molecule is COc1ccc([N+](=O)[O-])cc1NC(=O)[C@@H](C)OC(=O)c1ccc2c(c1)OCCO2. The lowest BCUT2D eigenvalue weighted by atomic mass is 10.2. The van der Waals surface area contributed by atoms with E-state index in [1.54, 1.807) is 6.07 Å². The Balaban J connectivity index is 1.68. The molecule has 1 aliphatic rings. The van der Waals surface area contributed by atoms with Crippen molar-refractivity contribution in [1.82, 2.24) is 0 Å². The van der Waals surface area contributed by atoms with Gasteiger partial charge in [0.15, 0.2) is 17.6 Å². The predicted molar refractivity (Wildman–Crippen MR) is 101 cm³/mol. The molecular weight excluding hydrogens is 384 g/mol. The molecule has 2 aromatic rings. The maximum absolute atomic E-state index is 12.4. The number of amides is 1. The molecule has 3 rings (SSSR count). The van der Waals surface area contributed by atoms with Crippen LogP contribution in [0, 0.1) is 10.1 Å². The molecule has 0 aliphatic carbocycles. The third-order valence-electron chi connectivity index (χ3n) is 4.08. The van der Waals surface area contributed by atoms with Crippen molar-refractivity contribution in [2.75, 3.05) is 25.6 Å². The number of ether oxygens (including phenoxy) is 4. The highest BCUT2D eigenvalue weighted by atomic mass is 16.6. The van der Waals surface area contributed by atoms with Gasteiger partial charge in [0.05, 0.1) is 23.3 Å². The van der Waals surface area contributed by atoms with Crippen molar-refractivity contribution in [3.63, 3.8) is 0 Å². The Morgan fingerprint density at radius 1 is 1.14 bits per heavy atom. The molecule has 0 fully saturated rings. The number of fused-ring (bicyclic) bond motifs is 1. The Labute approximate surface area is 165 Å². The van der Waals surface area contributed by atoms with Gasteiger partial charge in [0.25, 0.3) is 11.6 Å². The highest BCUT2D eigenvalue weighted by molar-refractivity contribution is 5.98. The lowest BCUT2D eigenvalue weighted by Gasteiger charge is -2.19. The smallest absolute Gasteiger partial charge is 0.339 e. The standard InChI is InChI=1S/C19H18N2O8/c1-11(18(22)20-14-10-13(21(24)25)4-6-15(14)26-2)29-19(23)12-3-5-16-17(9-12)28-8-7-27-16/h3-6,9-11H,7-8H2,1-2H3,(H,20,22)/t11-/m1/s1. The van der Waals surface area contributed by atoms with Crippen LogP contribution in [0.4, 0.5) is 11.4 Å². The summed E-state index contributed by atoms with van der Waals surface area (Å²) < 4.78 is 21.1. The van der Waals surface area contributed by atoms with E-state index >= 15 is 0 Å². The van der Waals surface area contributed by atoms with E-state index in [-0.39, 0.29) is 22.7 Å². The molecule has 1 heterocycles. The van der Waals surface area contributed by atoms with Crippen molar-refractivity contribution in [1.29, 1.82) is 0 Å². The molecule has 2 aromatic carbocycles. The number of carbonyl (C=O) groups is 2. The second-order valence-corrected chi connectivity index (χ2v) is 6.04. The van der Waals surface area contributed by atoms with Crippen molar-refractivity contribution in [3.8, 4) is 17.2 Å². The second-order valence-electron chi connectivity index (χ2n) is 6.04. The number of benzene rings is 2. The van der Waals surface area contributed by atoms with Crippen molar-refractivity contribution >= 4 is 23.3 Å². The summed E-state index contributed by atoms with van der Waals surface area (Å²) in [6, 6.07) is 8.34. The van der Waals surface area contributed by atoms with Crippen LogP contribution in [0.25, 0.3) is 0 Å². The summed E-state index contributed by atoms with van der Waals surface area (Å²) in [5, 5.41) is 13.4. The molecule has 0 aromatic heterocycles. The summed E-state index contributed by atoms with van der Waals surface area (Å²) in [6.07, 6.45) is -1.17.